The second kappa shape index (κ2) is 8.77. The normalized spacial score (nSPS) is 10.6. The highest BCUT2D eigenvalue weighted by Gasteiger charge is 2.26. The maximum absolute atomic E-state index is 13.5. The Balaban J connectivity index is 1.88. The van der Waals surface area contributed by atoms with Gasteiger partial charge in [0.2, 0.25) is 0 Å². The number of carbonyl (C=O) groups excluding carboxylic acids is 2. The lowest BCUT2D eigenvalue weighted by Crippen LogP contribution is -2.46. The molecule has 1 heterocycles. The number of nitrogens with zero attached hydrogens (tertiary/aromatic N) is 2. The van der Waals surface area contributed by atoms with Gasteiger partial charge in [-0.1, -0.05) is 60.7 Å². The van der Waals surface area contributed by atoms with Gasteiger partial charge in [-0.25, -0.2) is 9.78 Å². The summed E-state index contributed by atoms with van der Waals surface area (Å²) in [5.74, 6) is -0.941. The Morgan fingerprint density at radius 1 is 0.938 bits per heavy atom. The minimum absolute atomic E-state index is 0.0248. The van der Waals surface area contributed by atoms with Gasteiger partial charge in [-0.05, 0) is 30.7 Å². The van der Waals surface area contributed by atoms with Gasteiger partial charge in [-0.3, -0.25) is 10.2 Å². The predicted molar refractivity (Wildman–Crippen MR) is 122 cm³/mol. The third kappa shape index (κ3) is 3.83. The van der Waals surface area contributed by atoms with E-state index in [4.69, 9.17) is 4.74 Å². The molecule has 0 aliphatic carbocycles. The van der Waals surface area contributed by atoms with Crippen LogP contribution in [0.15, 0.2) is 78.9 Å². The van der Waals surface area contributed by atoms with Crippen molar-refractivity contribution in [3.8, 4) is 17.0 Å². The number of ether oxygens (including phenoxy) is 1. The third-order valence-corrected chi connectivity index (χ3v) is 5.05. The van der Waals surface area contributed by atoms with Crippen LogP contribution in [0.3, 0.4) is 0 Å². The molecule has 32 heavy (non-hydrogen) atoms. The van der Waals surface area contributed by atoms with Crippen LogP contribution in [-0.4, -0.2) is 29.2 Å². The van der Waals surface area contributed by atoms with Crippen molar-refractivity contribution in [1.82, 2.24) is 10.4 Å². The van der Waals surface area contributed by atoms with E-state index in [0.29, 0.717) is 22.2 Å². The van der Waals surface area contributed by atoms with Gasteiger partial charge in [0, 0.05) is 10.9 Å². The standard InChI is InChI=1S/C25H21N3O4/c1-16-10-9-15-19-20(16)21(23(29)22(26-19)17-11-5-3-6-12-17)24(30)27-28(25(31)32-2)18-13-7-4-8-14-18/h3-15,29H,1-2H3,(H,27,30). The smallest absolute Gasteiger partial charge is 0.433 e. The molecular formula is C25H21N3O4. The summed E-state index contributed by atoms with van der Waals surface area (Å²) < 4.78 is 4.84. The number of aromatic hydroxyl groups is 1. The quantitative estimate of drug-likeness (QED) is 0.457. The summed E-state index contributed by atoms with van der Waals surface area (Å²) in [4.78, 5) is 30.5. The van der Waals surface area contributed by atoms with E-state index < -0.39 is 12.0 Å². The Kier molecular flexibility index (Phi) is 5.72. The van der Waals surface area contributed by atoms with Crippen LogP contribution >= 0.6 is 0 Å². The van der Waals surface area contributed by atoms with Gasteiger partial charge in [0.1, 0.15) is 5.69 Å². The molecule has 7 nitrogen and oxygen atoms in total. The number of fused-ring (bicyclic) bond motifs is 1. The molecule has 2 amide bonds. The number of rotatable bonds is 3. The predicted octanol–water partition coefficient (Wildman–Crippen LogP) is 4.83. The van der Waals surface area contributed by atoms with Crippen LogP contribution in [0.4, 0.5) is 10.5 Å². The number of nitrogens with one attached hydrogen (secondary N) is 1. The highest BCUT2D eigenvalue weighted by molar-refractivity contribution is 6.12. The van der Waals surface area contributed by atoms with Gasteiger partial charge in [-0.15, -0.1) is 0 Å². The Hall–Kier alpha value is -4.39. The zero-order valence-electron chi connectivity index (χ0n) is 17.6. The first-order valence-electron chi connectivity index (χ1n) is 9.93. The Morgan fingerprint density at radius 2 is 1.59 bits per heavy atom. The zero-order chi connectivity index (χ0) is 22.7. The number of hydrazine groups is 1. The number of aryl methyl sites for hydroxylation is 1. The summed E-state index contributed by atoms with van der Waals surface area (Å²) in [7, 11) is 1.22. The maximum atomic E-state index is 13.5. The van der Waals surface area contributed by atoms with Crippen LogP contribution in [0.25, 0.3) is 22.2 Å². The van der Waals surface area contributed by atoms with Crippen LogP contribution in [0.5, 0.6) is 5.75 Å². The van der Waals surface area contributed by atoms with Crippen molar-refractivity contribution in [2.45, 2.75) is 6.92 Å². The topological polar surface area (TPSA) is 91.8 Å². The van der Waals surface area contributed by atoms with E-state index in [1.165, 1.54) is 7.11 Å². The molecule has 0 aliphatic rings. The van der Waals surface area contributed by atoms with Crippen molar-refractivity contribution in [3.63, 3.8) is 0 Å². The van der Waals surface area contributed by atoms with Crippen LogP contribution in [-0.2, 0) is 4.74 Å². The molecule has 0 aliphatic heterocycles. The minimum atomic E-state index is -0.776. The Morgan fingerprint density at radius 3 is 2.25 bits per heavy atom. The van der Waals surface area contributed by atoms with Crippen LogP contribution in [0.2, 0.25) is 0 Å². The van der Waals surface area contributed by atoms with Crippen molar-refractivity contribution in [2.75, 3.05) is 12.1 Å². The number of anilines is 1. The lowest BCUT2D eigenvalue weighted by molar-refractivity contribution is 0.0940. The average Bonchev–Trinajstić information content (AvgIpc) is 2.83. The zero-order valence-corrected chi connectivity index (χ0v) is 17.6. The molecule has 4 aromatic rings. The van der Waals surface area contributed by atoms with E-state index in [2.05, 4.69) is 10.4 Å². The van der Waals surface area contributed by atoms with Crippen molar-refractivity contribution in [1.29, 1.82) is 0 Å². The van der Waals surface area contributed by atoms with Gasteiger partial charge in [0.25, 0.3) is 5.91 Å². The SMILES string of the molecule is COC(=O)N(NC(=O)c1c(O)c(-c2ccccc2)nc2cccc(C)c12)c1ccccc1. The summed E-state index contributed by atoms with van der Waals surface area (Å²) in [6.07, 6.45) is -0.776. The van der Waals surface area contributed by atoms with Crippen molar-refractivity contribution in [3.05, 3.63) is 90.0 Å². The van der Waals surface area contributed by atoms with E-state index in [0.717, 1.165) is 10.6 Å². The van der Waals surface area contributed by atoms with Crippen molar-refractivity contribution < 1.29 is 19.4 Å². The van der Waals surface area contributed by atoms with Crippen LogP contribution < -0.4 is 10.4 Å². The molecule has 0 saturated heterocycles. The van der Waals surface area contributed by atoms with Gasteiger partial charge in [0.15, 0.2) is 5.75 Å². The Labute approximate surface area is 184 Å². The molecule has 0 atom stereocenters. The number of benzene rings is 3. The van der Waals surface area contributed by atoms with Gasteiger partial charge < -0.3 is 9.84 Å². The van der Waals surface area contributed by atoms with Gasteiger partial charge in [0.05, 0.1) is 23.9 Å². The molecule has 7 heteroatoms. The molecule has 4 rings (SSSR count). The second-order valence-electron chi connectivity index (χ2n) is 7.10. The number of hydrogen-bond acceptors (Lipinski definition) is 5. The lowest BCUT2D eigenvalue weighted by atomic mass is 9.99. The highest BCUT2D eigenvalue weighted by Crippen LogP contribution is 2.36. The second-order valence-corrected chi connectivity index (χ2v) is 7.10. The van der Waals surface area contributed by atoms with E-state index in [1.54, 1.807) is 48.5 Å². The lowest BCUT2D eigenvalue weighted by Gasteiger charge is -2.23. The number of pyridine rings is 1. The summed E-state index contributed by atoms with van der Waals surface area (Å²) in [5.41, 5.74) is 5.26. The molecule has 0 unspecified atom stereocenters. The van der Waals surface area contributed by atoms with E-state index >= 15 is 0 Å². The fourth-order valence-corrected chi connectivity index (χ4v) is 3.54. The van der Waals surface area contributed by atoms with Crippen LogP contribution in [0, 0.1) is 6.92 Å². The molecule has 3 aromatic carbocycles. The average molecular weight is 427 g/mol. The van der Waals surface area contributed by atoms with Gasteiger partial charge >= 0.3 is 6.09 Å². The first-order valence-corrected chi connectivity index (χ1v) is 9.93. The van der Waals surface area contributed by atoms with E-state index in [1.807, 2.05) is 37.3 Å². The number of para-hydroxylation sites is 1. The largest absolute Gasteiger partial charge is 0.505 e. The molecule has 0 saturated carbocycles. The van der Waals surface area contributed by atoms with Crippen molar-refractivity contribution >= 4 is 28.6 Å². The summed E-state index contributed by atoms with van der Waals surface area (Å²) in [6.45, 7) is 1.83. The first-order chi connectivity index (χ1) is 15.5. The van der Waals surface area contributed by atoms with E-state index in [-0.39, 0.29) is 17.0 Å². The number of carbonyl (C=O) groups is 2. The molecule has 1 aromatic heterocycles. The molecule has 0 radical (unpaired) electrons. The number of methoxy groups -OCH3 is 1. The molecule has 0 spiro atoms. The number of hydrogen-bond donors (Lipinski definition) is 2. The highest BCUT2D eigenvalue weighted by atomic mass is 16.5. The fraction of sp³-hybridized carbons (Fsp3) is 0.0800. The molecule has 0 bridgehead atoms. The minimum Gasteiger partial charge on any atom is -0.505 e. The molecule has 2 N–H and O–H groups in total. The summed E-state index contributed by atoms with van der Waals surface area (Å²) >= 11 is 0. The van der Waals surface area contributed by atoms with Gasteiger partial charge in [-0.2, -0.15) is 5.01 Å². The molecule has 0 fully saturated rings. The van der Waals surface area contributed by atoms with Crippen molar-refractivity contribution in [2.24, 2.45) is 0 Å². The number of aromatic nitrogens is 1. The fourth-order valence-electron chi connectivity index (χ4n) is 3.54. The number of amides is 2. The molecular weight excluding hydrogens is 406 g/mol. The summed E-state index contributed by atoms with van der Waals surface area (Å²) in [5, 5.41) is 12.7. The van der Waals surface area contributed by atoms with Crippen LogP contribution in [0.1, 0.15) is 15.9 Å². The molecule has 160 valence electrons. The third-order valence-electron chi connectivity index (χ3n) is 5.05. The maximum Gasteiger partial charge on any atom is 0.433 e. The summed E-state index contributed by atoms with van der Waals surface area (Å²) in [6, 6.07) is 23.1. The van der Waals surface area contributed by atoms with E-state index in [9.17, 15) is 14.7 Å². The monoisotopic (exact) mass is 427 g/mol. The Bertz CT molecular complexity index is 1290. The first kappa shape index (κ1) is 20.9.